The monoisotopic (exact) mass is 338 g/mol. The van der Waals surface area contributed by atoms with E-state index in [4.69, 9.17) is 14.5 Å². The number of hydrogen-bond donors (Lipinski definition) is 1. The minimum atomic E-state index is -0.276. The molecule has 25 heavy (non-hydrogen) atoms. The summed E-state index contributed by atoms with van der Waals surface area (Å²) in [6.45, 7) is 0. The molecule has 2 heterocycles. The van der Waals surface area contributed by atoms with Crippen molar-refractivity contribution in [3.63, 3.8) is 0 Å². The average molecular weight is 338 g/mol. The molecule has 1 aromatic heterocycles. The number of aliphatic hydroxyl groups excluding tert-OH is 1. The van der Waals surface area contributed by atoms with E-state index in [1.54, 1.807) is 20.4 Å². The summed E-state index contributed by atoms with van der Waals surface area (Å²) in [4.78, 5) is 9.26. The SMILES string of the molecule is COc1cc2c(cc1OC)C1CCC(O)CC1N=C2c1cccnc1. The van der Waals surface area contributed by atoms with Gasteiger partial charge in [-0.3, -0.25) is 9.98 Å². The van der Waals surface area contributed by atoms with Crippen LogP contribution in [-0.4, -0.2) is 42.2 Å². The molecule has 130 valence electrons. The van der Waals surface area contributed by atoms with Crippen molar-refractivity contribution < 1.29 is 14.6 Å². The second kappa shape index (κ2) is 6.48. The Hall–Kier alpha value is -2.40. The molecular formula is C20H22N2O3. The Labute approximate surface area is 147 Å². The molecule has 1 aromatic carbocycles. The molecule has 0 amide bonds. The van der Waals surface area contributed by atoms with Gasteiger partial charge in [0.2, 0.25) is 0 Å². The maximum Gasteiger partial charge on any atom is 0.161 e. The maximum atomic E-state index is 10.1. The number of hydrogen-bond acceptors (Lipinski definition) is 5. The van der Waals surface area contributed by atoms with E-state index in [1.165, 1.54) is 5.56 Å². The molecule has 0 spiro atoms. The molecule has 1 N–H and O–H groups in total. The van der Waals surface area contributed by atoms with Crippen LogP contribution in [0, 0.1) is 0 Å². The molecule has 1 aliphatic carbocycles. The number of pyridine rings is 1. The third kappa shape index (κ3) is 2.78. The summed E-state index contributed by atoms with van der Waals surface area (Å²) in [6.07, 6.45) is 5.75. The molecule has 0 radical (unpaired) electrons. The lowest BCUT2D eigenvalue weighted by molar-refractivity contribution is 0.111. The molecular weight excluding hydrogens is 316 g/mol. The number of nitrogens with zero attached hydrogens (tertiary/aromatic N) is 2. The van der Waals surface area contributed by atoms with Crippen molar-refractivity contribution in [2.75, 3.05) is 14.2 Å². The van der Waals surface area contributed by atoms with Crippen molar-refractivity contribution in [1.82, 2.24) is 4.98 Å². The summed E-state index contributed by atoms with van der Waals surface area (Å²) in [6, 6.07) is 8.12. The average Bonchev–Trinajstić information content (AvgIpc) is 2.66. The highest BCUT2D eigenvalue weighted by Gasteiger charge is 2.37. The summed E-state index contributed by atoms with van der Waals surface area (Å²) in [5, 5.41) is 10.1. The summed E-state index contributed by atoms with van der Waals surface area (Å²) < 4.78 is 11.0. The van der Waals surface area contributed by atoms with Gasteiger partial charge >= 0.3 is 0 Å². The van der Waals surface area contributed by atoms with Gasteiger partial charge in [-0.05, 0) is 49.1 Å². The van der Waals surface area contributed by atoms with Crippen LogP contribution in [0.15, 0.2) is 41.7 Å². The highest BCUT2D eigenvalue weighted by Crippen LogP contribution is 2.44. The Balaban J connectivity index is 1.90. The molecule has 0 bridgehead atoms. The van der Waals surface area contributed by atoms with E-state index in [2.05, 4.69) is 11.1 Å². The van der Waals surface area contributed by atoms with E-state index >= 15 is 0 Å². The maximum absolute atomic E-state index is 10.1. The van der Waals surface area contributed by atoms with Crippen LogP contribution in [0.1, 0.15) is 41.9 Å². The Kier molecular flexibility index (Phi) is 4.17. The number of aliphatic imine (C=N–C) groups is 1. The Morgan fingerprint density at radius 3 is 2.64 bits per heavy atom. The van der Waals surface area contributed by atoms with E-state index in [-0.39, 0.29) is 12.1 Å². The van der Waals surface area contributed by atoms with Gasteiger partial charge in [0.15, 0.2) is 11.5 Å². The first kappa shape index (κ1) is 16.1. The Bertz CT molecular complexity index is 804. The standard InChI is InChI=1S/C20H22N2O3/c1-24-18-9-15-14-6-5-13(23)8-17(14)22-20(12-4-3-7-21-11-12)16(15)10-19(18)25-2/h3-4,7,9-11,13-14,17,23H,5-6,8H2,1-2H3. The van der Waals surface area contributed by atoms with Crippen molar-refractivity contribution in [1.29, 1.82) is 0 Å². The van der Waals surface area contributed by atoms with Crippen LogP contribution in [0.3, 0.4) is 0 Å². The van der Waals surface area contributed by atoms with E-state index in [0.717, 1.165) is 35.4 Å². The third-order valence-corrected chi connectivity index (χ3v) is 5.23. The lowest BCUT2D eigenvalue weighted by Crippen LogP contribution is -2.34. The molecule has 1 fully saturated rings. The largest absolute Gasteiger partial charge is 0.493 e. The molecule has 4 rings (SSSR count). The van der Waals surface area contributed by atoms with Gasteiger partial charge in [-0.15, -0.1) is 0 Å². The van der Waals surface area contributed by atoms with Crippen LogP contribution in [0.2, 0.25) is 0 Å². The predicted molar refractivity (Wildman–Crippen MR) is 95.8 cm³/mol. The molecule has 5 nitrogen and oxygen atoms in total. The zero-order chi connectivity index (χ0) is 17.4. The zero-order valence-electron chi connectivity index (χ0n) is 14.5. The second-order valence-corrected chi connectivity index (χ2v) is 6.65. The summed E-state index contributed by atoms with van der Waals surface area (Å²) in [5.74, 6) is 1.74. The summed E-state index contributed by atoms with van der Waals surface area (Å²) in [7, 11) is 3.30. The minimum absolute atomic E-state index is 0.0876. The highest BCUT2D eigenvalue weighted by molar-refractivity contribution is 6.14. The first-order chi connectivity index (χ1) is 12.2. The molecule has 0 saturated heterocycles. The quantitative estimate of drug-likeness (QED) is 0.934. The summed E-state index contributed by atoms with van der Waals surface area (Å²) in [5.41, 5.74) is 4.19. The predicted octanol–water partition coefficient (Wildman–Crippen LogP) is 2.95. The van der Waals surface area contributed by atoms with Gasteiger partial charge in [0.05, 0.1) is 32.1 Å². The van der Waals surface area contributed by atoms with Gasteiger partial charge in [0, 0.05) is 29.4 Å². The van der Waals surface area contributed by atoms with Gasteiger partial charge in [-0.2, -0.15) is 0 Å². The normalized spacial score (nSPS) is 24.8. The Morgan fingerprint density at radius 1 is 1.12 bits per heavy atom. The zero-order valence-corrected chi connectivity index (χ0v) is 14.5. The summed E-state index contributed by atoms with van der Waals surface area (Å²) >= 11 is 0. The van der Waals surface area contributed by atoms with Crippen molar-refractivity contribution in [3.8, 4) is 11.5 Å². The fraction of sp³-hybridized carbons (Fsp3) is 0.400. The van der Waals surface area contributed by atoms with Crippen molar-refractivity contribution in [2.45, 2.75) is 37.3 Å². The van der Waals surface area contributed by atoms with Crippen molar-refractivity contribution >= 4 is 5.71 Å². The topological polar surface area (TPSA) is 63.9 Å². The van der Waals surface area contributed by atoms with Gasteiger partial charge in [0.25, 0.3) is 0 Å². The van der Waals surface area contributed by atoms with E-state index in [9.17, 15) is 5.11 Å². The van der Waals surface area contributed by atoms with Gasteiger partial charge in [0.1, 0.15) is 0 Å². The minimum Gasteiger partial charge on any atom is -0.493 e. The number of benzene rings is 1. The van der Waals surface area contributed by atoms with E-state index in [1.807, 2.05) is 24.4 Å². The van der Waals surface area contributed by atoms with Crippen LogP contribution in [0.5, 0.6) is 11.5 Å². The second-order valence-electron chi connectivity index (χ2n) is 6.65. The lowest BCUT2D eigenvalue weighted by Gasteiger charge is -2.37. The van der Waals surface area contributed by atoms with Crippen molar-refractivity contribution in [2.24, 2.45) is 4.99 Å². The highest BCUT2D eigenvalue weighted by atomic mass is 16.5. The van der Waals surface area contributed by atoms with Gasteiger partial charge in [-0.25, -0.2) is 0 Å². The van der Waals surface area contributed by atoms with E-state index in [0.29, 0.717) is 18.1 Å². The molecule has 5 heteroatoms. The van der Waals surface area contributed by atoms with Gasteiger partial charge < -0.3 is 14.6 Å². The number of ether oxygens (including phenoxy) is 2. The van der Waals surface area contributed by atoms with Gasteiger partial charge in [-0.1, -0.05) is 0 Å². The van der Waals surface area contributed by atoms with Crippen LogP contribution in [0.4, 0.5) is 0 Å². The number of rotatable bonds is 3. The number of methoxy groups -OCH3 is 2. The van der Waals surface area contributed by atoms with Crippen LogP contribution in [-0.2, 0) is 0 Å². The lowest BCUT2D eigenvalue weighted by atomic mass is 9.74. The van der Waals surface area contributed by atoms with E-state index < -0.39 is 0 Å². The van der Waals surface area contributed by atoms with Crippen LogP contribution >= 0.6 is 0 Å². The first-order valence-corrected chi connectivity index (χ1v) is 8.63. The van der Waals surface area contributed by atoms with Crippen LogP contribution < -0.4 is 9.47 Å². The van der Waals surface area contributed by atoms with Crippen molar-refractivity contribution in [3.05, 3.63) is 53.3 Å². The molecule has 2 aromatic rings. The fourth-order valence-corrected chi connectivity index (χ4v) is 4.01. The first-order valence-electron chi connectivity index (χ1n) is 8.63. The number of aliphatic hydroxyl groups is 1. The third-order valence-electron chi connectivity index (χ3n) is 5.23. The Morgan fingerprint density at radius 2 is 1.92 bits per heavy atom. The molecule has 3 atom stereocenters. The van der Waals surface area contributed by atoms with Crippen LogP contribution in [0.25, 0.3) is 0 Å². The smallest absolute Gasteiger partial charge is 0.161 e. The number of fused-ring (bicyclic) bond motifs is 3. The molecule has 1 saturated carbocycles. The molecule has 3 unspecified atom stereocenters. The number of aromatic nitrogens is 1. The fourth-order valence-electron chi connectivity index (χ4n) is 4.01. The molecule has 2 aliphatic rings. The molecule has 1 aliphatic heterocycles.